The fourth-order valence-electron chi connectivity index (χ4n) is 3.95. The van der Waals surface area contributed by atoms with Crippen molar-refractivity contribution in [3.8, 4) is 0 Å². The Morgan fingerprint density at radius 3 is 2.76 bits per heavy atom. The molecule has 3 aromatic rings. The SMILES string of the molecule is O=S(=O)(Nc1nccs1)c1cc(Cl)c(NC[C@]2(CCc3ccccc3)C[C@H](O)CN2)cc1F. The van der Waals surface area contributed by atoms with Crippen LogP contribution in [0.2, 0.25) is 5.02 Å². The minimum absolute atomic E-state index is 0.0765. The summed E-state index contributed by atoms with van der Waals surface area (Å²) in [6.45, 7) is 0.859. The van der Waals surface area contributed by atoms with Crippen molar-refractivity contribution >= 4 is 43.8 Å². The van der Waals surface area contributed by atoms with Crippen LogP contribution >= 0.6 is 22.9 Å². The van der Waals surface area contributed by atoms with E-state index in [0.717, 1.165) is 36.3 Å². The number of halogens is 2. The first-order valence-corrected chi connectivity index (χ1v) is 13.1. The van der Waals surface area contributed by atoms with Crippen molar-refractivity contribution in [1.29, 1.82) is 0 Å². The topological polar surface area (TPSA) is 103 Å². The minimum atomic E-state index is -4.18. The molecule has 0 unspecified atom stereocenters. The van der Waals surface area contributed by atoms with Crippen LogP contribution in [-0.2, 0) is 16.4 Å². The summed E-state index contributed by atoms with van der Waals surface area (Å²) in [5, 5.41) is 18.5. The second-order valence-electron chi connectivity index (χ2n) is 8.06. The van der Waals surface area contributed by atoms with Crippen molar-refractivity contribution in [2.24, 2.45) is 0 Å². The van der Waals surface area contributed by atoms with Crippen molar-refractivity contribution < 1.29 is 17.9 Å². The van der Waals surface area contributed by atoms with E-state index in [1.807, 2.05) is 18.2 Å². The zero-order valence-corrected chi connectivity index (χ0v) is 20.0. The van der Waals surface area contributed by atoms with E-state index in [1.54, 1.807) is 5.38 Å². The van der Waals surface area contributed by atoms with Crippen molar-refractivity contribution in [2.45, 2.75) is 35.8 Å². The number of aliphatic hydroxyl groups is 1. The summed E-state index contributed by atoms with van der Waals surface area (Å²) < 4.78 is 42.1. The van der Waals surface area contributed by atoms with Crippen LogP contribution in [0, 0.1) is 5.82 Å². The number of anilines is 2. The highest BCUT2D eigenvalue weighted by atomic mass is 35.5. The van der Waals surface area contributed by atoms with Gasteiger partial charge in [-0.05, 0) is 37.0 Å². The third kappa shape index (κ3) is 5.82. The first-order valence-electron chi connectivity index (χ1n) is 10.4. The maximum absolute atomic E-state index is 14.8. The van der Waals surface area contributed by atoms with Gasteiger partial charge in [0.1, 0.15) is 10.7 Å². The molecule has 1 aliphatic heterocycles. The van der Waals surface area contributed by atoms with E-state index in [9.17, 15) is 17.9 Å². The number of hydrogen-bond acceptors (Lipinski definition) is 7. The van der Waals surface area contributed by atoms with Crippen LogP contribution in [0.1, 0.15) is 18.4 Å². The van der Waals surface area contributed by atoms with Gasteiger partial charge in [-0.1, -0.05) is 41.9 Å². The second kappa shape index (κ2) is 9.94. The molecule has 11 heteroatoms. The Morgan fingerprint density at radius 1 is 1.30 bits per heavy atom. The summed E-state index contributed by atoms with van der Waals surface area (Å²) in [4.78, 5) is 3.30. The Labute approximate surface area is 201 Å². The number of nitrogens with zero attached hydrogens (tertiary/aromatic N) is 1. The van der Waals surface area contributed by atoms with E-state index in [0.29, 0.717) is 19.5 Å². The highest BCUT2D eigenvalue weighted by Gasteiger charge is 2.37. The van der Waals surface area contributed by atoms with Crippen LogP contribution in [0.3, 0.4) is 0 Å². The maximum atomic E-state index is 14.8. The third-order valence-corrected chi connectivity index (χ3v) is 8.14. The zero-order chi connectivity index (χ0) is 23.5. The number of β-amino-alcohol motifs (C(OH)–C–C–N with tert-alkyl or cyclic N) is 1. The molecule has 2 aromatic carbocycles. The molecule has 0 radical (unpaired) electrons. The molecule has 4 rings (SSSR count). The number of nitrogens with one attached hydrogen (secondary N) is 3. The molecular weight excluding hydrogens is 487 g/mol. The van der Waals surface area contributed by atoms with Gasteiger partial charge in [-0.3, -0.25) is 4.72 Å². The number of aromatic nitrogens is 1. The van der Waals surface area contributed by atoms with Crippen LogP contribution in [-0.4, -0.2) is 43.2 Å². The van der Waals surface area contributed by atoms with Gasteiger partial charge in [-0.15, -0.1) is 11.3 Å². The number of aryl methyl sites for hydroxylation is 1. The third-order valence-electron chi connectivity index (χ3n) is 5.66. The van der Waals surface area contributed by atoms with Gasteiger partial charge in [-0.2, -0.15) is 0 Å². The van der Waals surface area contributed by atoms with Gasteiger partial charge >= 0.3 is 0 Å². The predicted molar refractivity (Wildman–Crippen MR) is 129 cm³/mol. The van der Waals surface area contributed by atoms with E-state index in [2.05, 4.69) is 32.5 Å². The summed E-state index contributed by atoms with van der Waals surface area (Å²) in [6.07, 6.45) is 3.08. The van der Waals surface area contributed by atoms with Crippen LogP contribution in [0.4, 0.5) is 15.2 Å². The van der Waals surface area contributed by atoms with Crippen molar-refractivity contribution in [2.75, 3.05) is 23.1 Å². The van der Waals surface area contributed by atoms with E-state index in [4.69, 9.17) is 11.6 Å². The Kier molecular flexibility index (Phi) is 7.20. The van der Waals surface area contributed by atoms with Gasteiger partial charge in [0, 0.05) is 30.2 Å². The highest BCUT2D eigenvalue weighted by Crippen LogP contribution is 2.32. The summed E-state index contributed by atoms with van der Waals surface area (Å²) in [7, 11) is -4.18. The lowest BCUT2D eigenvalue weighted by molar-refractivity contribution is 0.184. The Hall–Kier alpha value is -2.24. The molecule has 7 nitrogen and oxygen atoms in total. The molecule has 0 bridgehead atoms. The Morgan fingerprint density at radius 2 is 2.09 bits per heavy atom. The molecule has 2 atom stereocenters. The Bertz CT molecular complexity index is 1200. The number of hydrogen-bond donors (Lipinski definition) is 4. The predicted octanol–water partition coefficient (Wildman–Crippen LogP) is 3.87. The molecule has 1 aromatic heterocycles. The van der Waals surface area contributed by atoms with Crippen molar-refractivity contribution in [3.63, 3.8) is 0 Å². The van der Waals surface area contributed by atoms with E-state index >= 15 is 0 Å². The molecular formula is C22H24ClFN4O3S2. The van der Waals surface area contributed by atoms with Gasteiger partial charge in [0.2, 0.25) is 0 Å². The molecule has 0 amide bonds. The van der Waals surface area contributed by atoms with Crippen LogP contribution < -0.4 is 15.4 Å². The summed E-state index contributed by atoms with van der Waals surface area (Å²) in [6, 6.07) is 12.2. The number of rotatable bonds is 9. The lowest BCUT2D eigenvalue weighted by atomic mass is 9.89. The zero-order valence-electron chi connectivity index (χ0n) is 17.6. The Balaban J connectivity index is 1.49. The number of thiazole rings is 1. The lowest BCUT2D eigenvalue weighted by Gasteiger charge is -2.31. The van der Waals surface area contributed by atoms with Crippen LogP contribution in [0.5, 0.6) is 0 Å². The fraction of sp³-hybridized carbons (Fsp3) is 0.318. The standard InChI is InChI=1S/C22H24ClFN4O3S2/c23-17-10-20(33(30,31)28-21-25-8-9-32-21)18(24)11-19(17)26-14-22(12-16(29)13-27-22)7-6-15-4-2-1-3-5-15/h1-5,8-11,16,26-27,29H,6-7,12-14H2,(H,25,28)/t16-,22-/m0/s1. The molecule has 1 aliphatic rings. The fourth-order valence-corrected chi connectivity index (χ4v) is 6.12. The monoisotopic (exact) mass is 510 g/mol. The molecule has 176 valence electrons. The summed E-state index contributed by atoms with van der Waals surface area (Å²) >= 11 is 7.40. The van der Waals surface area contributed by atoms with Crippen LogP contribution in [0.25, 0.3) is 0 Å². The molecule has 0 saturated carbocycles. The number of aliphatic hydroxyl groups excluding tert-OH is 1. The van der Waals surface area contributed by atoms with Crippen LogP contribution in [0.15, 0.2) is 58.9 Å². The second-order valence-corrected chi connectivity index (χ2v) is 11.0. The molecule has 1 fully saturated rings. The van der Waals surface area contributed by atoms with Gasteiger partial charge < -0.3 is 15.7 Å². The van der Waals surface area contributed by atoms with Gasteiger partial charge in [-0.25, -0.2) is 17.8 Å². The molecule has 33 heavy (non-hydrogen) atoms. The van der Waals surface area contributed by atoms with E-state index in [1.165, 1.54) is 11.8 Å². The molecule has 4 N–H and O–H groups in total. The van der Waals surface area contributed by atoms with E-state index < -0.39 is 32.4 Å². The van der Waals surface area contributed by atoms with E-state index in [-0.39, 0.29) is 15.8 Å². The average molecular weight is 511 g/mol. The highest BCUT2D eigenvalue weighted by molar-refractivity contribution is 7.93. The maximum Gasteiger partial charge on any atom is 0.266 e. The number of benzene rings is 2. The lowest BCUT2D eigenvalue weighted by Crippen LogP contribution is -2.46. The van der Waals surface area contributed by atoms with Gasteiger partial charge in [0.05, 0.1) is 16.8 Å². The van der Waals surface area contributed by atoms with Crippen molar-refractivity contribution in [3.05, 3.63) is 70.4 Å². The first-order chi connectivity index (χ1) is 15.8. The molecule has 0 aliphatic carbocycles. The molecule has 1 saturated heterocycles. The molecule has 0 spiro atoms. The average Bonchev–Trinajstić information content (AvgIpc) is 3.43. The van der Waals surface area contributed by atoms with Crippen molar-refractivity contribution in [1.82, 2.24) is 10.3 Å². The number of sulfonamides is 1. The minimum Gasteiger partial charge on any atom is -0.392 e. The quantitative estimate of drug-likeness (QED) is 0.348. The summed E-state index contributed by atoms with van der Waals surface area (Å²) in [5.41, 5.74) is 1.06. The largest absolute Gasteiger partial charge is 0.392 e. The van der Waals surface area contributed by atoms with Gasteiger partial charge in [0.15, 0.2) is 5.13 Å². The smallest absolute Gasteiger partial charge is 0.266 e. The normalized spacial score (nSPS) is 20.6. The first kappa shape index (κ1) is 23.9. The molecule has 2 heterocycles. The summed E-state index contributed by atoms with van der Waals surface area (Å²) in [5.74, 6) is -0.927. The van der Waals surface area contributed by atoms with Gasteiger partial charge in [0.25, 0.3) is 10.0 Å².